The Hall–Kier alpha value is -5.06. The number of nitro groups is 1. The summed E-state index contributed by atoms with van der Waals surface area (Å²) in [4.78, 5) is 64.4. The molecule has 3 aromatic carbocycles. The normalized spacial score (nSPS) is 16.6. The van der Waals surface area contributed by atoms with Crippen LogP contribution >= 0.6 is 0 Å². The number of nitro benzene ring substituents is 1. The first-order valence-electron chi connectivity index (χ1n) is 11.6. The van der Waals surface area contributed by atoms with Crippen LogP contribution in [0.4, 0.5) is 17.1 Å². The molecule has 0 aromatic heterocycles. The molecule has 0 bridgehead atoms. The zero-order chi connectivity index (χ0) is 27.1. The van der Waals surface area contributed by atoms with Crippen LogP contribution in [-0.4, -0.2) is 42.3 Å². The van der Waals surface area contributed by atoms with Gasteiger partial charge >= 0.3 is 5.97 Å². The van der Waals surface area contributed by atoms with Crippen molar-refractivity contribution in [2.24, 2.45) is 5.92 Å². The van der Waals surface area contributed by atoms with Gasteiger partial charge in [0.1, 0.15) is 17.1 Å². The number of esters is 1. The number of carbonyl (C=O) groups is 4. The standard InChI is InChI=1S/C27H21N3O8/c1-15-12-19(38-27(34)16-13-23(31)28(14-16)17-6-8-18(37-2)9-7-17)10-11-21(15)29-25(32)20-4-3-5-22(30(35)36)24(20)26(29)33/h3-12,16H,13-14H2,1-2H3/t16-/m1/s1. The molecule has 0 unspecified atom stereocenters. The first-order valence-corrected chi connectivity index (χ1v) is 11.6. The van der Waals surface area contributed by atoms with E-state index < -0.39 is 34.3 Å². The molecular formula is C27H21N3O8. The number of fused-ring (bicyclic) bond motifs is 1. The Balaban J connectivity index is 1.31. The Morgan fingerprint density at radius 2 is 1.71 bits per heavy atom. The molecule has 0 saturated carbocycles. The first kappa shape index (κ1) is 24.6. The number of benzene rings is 3. The minimum Gasteiger partial charge on any atom is -0.497 e. The third-order valence-corrected chi connectivity index (χ3v) is 6.56. The summed E-state index contributed by atoms with van der Waals surface area (Å²) in [5, 5.41) is 11.4. The molecular weight excluding hydrogens is 494 g/mol. The van der Waals surface area contributed by atoms with Gasteiger partial charge in [0, 0.05) is 24.7 Å². The smallest absolute Gasteiger partial charge is 0.316 e. The summed E-state index contributed by atoms with van der Waals surface area (Å²) in [6, 6.07) is 15.2. The van der Waals surface area contributed by atoms with Crippen molar-refractivity contribution in [1.82, 2.24) is 0 Å². The number of anilines is 2. The van der Waals surface area contributed by atoms with Gasteiger partial charge in [0.15, 0.2) is 0 Å². The summed E-state index contributed by atoms with van der Waals surface area (Å²) in [5.74, 6) is -2.12. The number of hydrogen-bond donors (Lipinski definition) is 0. The topological polar surface area (TPSA) is 136 Å². The van der Waals surface area contributed by atoms with Crippen LogP contribution in [0.1, 0.15) is 32.7 Å². The molecule has 192 valence electrons. The van der Waals surface area contributed by atoms with Crippen LogP contribution < -0.4 is 19.3 Å². The summed E-state index contributed by atoms with van der Waals surface area (Å²) < 4.78 is 10.6. The highest BCUT2D eigenvalue weighted by Gasteiger charge is 2.42. The van der Waals surface area contributed by atoms with Crippen LogP contribution in [-0.2, 0) is 9.59 Å². The van der Waals surface area contributed by atoms with E-state index in [1.54, 1.807) is 38.3 Å². The number of methoxy groups -OCH3 is 1. The van der Waals surface area contributed by atoms with Gasteiger partial charge in [-0.2, -0.15) is 0 Å². The van der Waals surface area contributed by atoms with Crippen LogP contribution in [0.15, 0.2) is 60.7 Å². The molecule has 2 aliphatic heterocycles. The molecule has 2 aliphatic rings. The molecule has 0 radical (unpaired) electrons. The van der Waals surface area contributed by atoms with E-state index in [4.69, 9.17) is 9.47 Å². The molecule has 0 aliphatic carbocycles. The SMILES string of the molecule is COc1ccc(N2C[C@H](C(=O)Oc3ccc(N4C(=O)c5cccc([N+](=O)[O-])c5C4=O)c(C)c3)CC2=O)cc1. The molecule has 1 saturated heterocycles. The Labute approximate surface area is 216 Å². The van der Waals surface area contributed by atoms with Crippen LogP contribution in [0, 0.1) is 23.0 Å². The molecule has 3 aromatic rings. The lowest BCUT2D eigenvalue weighted by atomic mass is 10.1. The number of rotatable bonds is 6. The van der Waals surface area contributed by atoms with E-state index in [9.17, 15) is 29.3 Å². The lowest BCUT2D eigenvalue weighted by Gasteiger charge is -2.18. The fraction of sp³-hybridized carbons (Fsp3) is 0.185. The van der Waals surface area contributed by atoms with E-state index in [0.717, 1.165) is 4.90 Å². The van der Waals surface area contributed by atoms with Crippen LogP contribution in [0.25, 0.3) is 0 Å². The van der Waals surface area contributed by atoms with Gasteiger partial charge in [-0.05, 0) is 61.0 Å². The Kier molecular flexibility index (Phi) is 6.11. The van der Waals surface area contributed by atoms with Crippen molar-refractivity contribution in [3.63, 3.8) is 0 Å². The molecule has 0 spiro atoms. The third kappa shape index (κ3) is 4.13. The summed E-state index contributed by atoms with van der Waals surface area (Å²) in [5.41, 5.74) is 0.548. The molecule has 5 rings (SSSR count). The summed E-state index contributed by atoms with van der Waals surface area (Å²) in [7, 11) is 1.54. The average molecular weight is 515 g/mol. The second-order valence-electron chi connectivity index (χ2n) is 8.88. The van der Waals surface area contributed by atoms with E-state index in [-0.39, 0.29) is 41.4 Å². The number of nitrogens with zero attached hydrogens (tertiary/aromatic N) is 3. The lowest BCUT2D eigenvalue weighted by Crippen LogP contribution is -2.30. The van der Waals surface area contributed by atoms with Crippen molar-refractivity contribution >= 4 is 40.8 Å². The molecule has 11 heteroatoms. The maximum atomic E-state index is 13.0. The molecule has 11 nitrogen and oxygen atoms in total. The monoisotopic (exact) mass is 515 g/mol. The highest BCUT2D eigenvalue weighted by Crippen LogP contribution is 2.36. The van der Waals surface area contributed by atoms with Crippen molar-refractivity contribution in [2.45, 2.75) is 13.3 Å². The van der Waals surface area contributed by atoms with Crippen molar-refractivity contribution in [3.05, 3.63) is 87.5 Å². The minimum atomic E-state index is -0.798. The summed E-state index contributed by atoms with van der Waals surface area (Å²) in [6.45, 7) is 1.78. The van der Waals surface area contributed by atoms with Gasteiger partial charge in [0.25, 0.3) is 17.5 Å². The number of ether oxygens (including phenoxy) is 2. The van der Waals surface area contributed by atoms with Gasteiger partial charge < -0.3 is 14.4 Å². The number of hydrogen-bond acceptors (Lipinski definition) is 8. The zero-order valence-corrected chi connectivity index (χ0v) is 20.4. The van der Waals surface area contributed by atoms with E-state index in [1.165, 1.54) is 41.3 Å². The second-order valence-corrected chi connectivity index (χ2v) is 8.88. The molecule has 1 fully saturated rings. The van der Waals surface area contributed by atoms with E-state index in [2.05, 4.69) is 0 Å². The molecule has 1 atom stereocenters. The van der Waals surface area contributed by atoms with Gasteiger partial charge in [-0.1, -0.05) is 6.07 Å². The maximum Gasteiger partial charge on any atom is 0.316 e. The van der Waals surface area contributed by atoms with E-state index in [1.807, 2.05) is 0 Å². The quantitative estimate of drug-likeness (QED) is 0.159. The van der Waals surface area contributed by atoms with Crippen molar-refractivity contribution in [1.29, 1.82) is 0 Å². The largest absolute Gasteiger partial charge is 0.497 e. The van der Waals surface area contributed by atoms with Gasteiger partial charge in [-0.3, -0.25) is 29.3 Å². The summed E-state index contributed by atoms with van der Waals surface area (Å²) in [6.07, 6.45) is -0.00422. The van der Waals surface area contributed by atoms with Crippen LogP contribution in [0.2, 0.25) is 0 Å². The molecule has 2 heterocycles. The minimum absolute atomic E-state index is 0.00422. The second kappa shape index (κ2) is 9.43. The zero-order valence-electron chi connectivity index (χ0n) is 20.4. The number of imide groups is 1. The fourth-order valence-corrected chi connectivity index (χ4v) is 4.66. The van der Waals surface area contributed by atoms with Crippen molar-refractivity contribution < 1.29 is 33.6 Å². The molecule has 3 amide bonds. The van der Waals surface area contributed by atoms with Gasteiger partial charge in [0.2, 0.25) is 5.91 Å². The van der Waals surface area contributed by atoms with E-state index >= 15 is 0 Å². The average Bonchev–Trinajstić information content (AvgIpc) is 3.41. The highest BCUT2D eigenvalue weighted by molar-refractivity contribution is 6.35. The van der Waals surface area contributed by atoms with Gasteiger partial charge in [0.05, 0.1) is 29.2 Å². The Morgan fingerprint density at radius 1 is 1.00 bits per heavy atom. The number of carbonyl (C=O) groups excluding carboxylic acids is 4. The Bertz CT molecular complexity index is 1520. The molecule has 0 N–H and O–H groups in total. The van der Waals surface area contributed by atoms with Crippen molar-refractivity contribution in [3.8, 4) is 11.5 Å². The van der Waals surface area contributed by atoms with Crippen molar-refractivity contribution in [2.75, 3.05) is 23.5 Å². The highest BCUT2D eigenvalue weighted by atomic mass is 16.6. The van der Waals surface area contributed by atoms with Gasteiger partial charge in [-0.25, -0.2) is 4.90 Å². The Morgan fingerprint density at radius 3 is 2.37 bits per heavy atom. The van der Waals surface area contributed by atoms with Crippen LogP contribution in [0.5, 0.6) is 11.5 Å². The number of aryl methyl sites for hydroxylation is 1. The predicted octanol–water partition coefficient (Wildman–Crippen LogP) is 3.67. The van der Waals surface area contributed by atoms with E-state index in [0.29, 0.717) is 17.0 Å². The number of amides is 3. The fourth-order valence-electron chi connectivity index (χ4n) is 4.66. The van der Waals surface area contributed by atoms with Crippen LogP contribution in [0.3, 0.4) is 0 Å². The lowest BCUT2D eigenvalue weighted by molar-refractivity contribution is -0.385. The third-order valence-electron chi connectivity index (χ3n) is 6.56. The first-order chi connectivity index (χ1) is 18.2. The molecule has 38 heavy (non-hydrogen) atoms. The predicted molar refractivity (Wildman–Crippen MR) is 135 cm³/mol. The van der Waals surface area contributed by atoms with Gasteiger partial charge in [-0.15, -0.1) is 0 Å². The maximum absolute atomic E-state index is 13.0. The summed E-state index contributed by atoms with van der Waals surface area (Å²) >= 11 is 0.